The van der Waals surface area contributed by atoms with E-state index in [9.17, 15) is 4.79 Å². The van der Waals surface area contributed by atoms with E-state index in [4.69, 9.17) is 10.2 Å². The molecule has 118 valence electrons. The van der Waals surface area contributed by atoms with Crippen molar-refractivity contribution in [1.29, 1.82) is 0 Å². The number of benzene rings is 1. The predicted octanol–water partition coefficient (Wildman–Crippen LogP) is 4.95. The molecule has 3 N–H and O–H groups in total. The first-order valence-electron chi connectivity index (χ1n) is 7.68. The number of para-hydroxylation sites is 2. The molecule has 4 nitrogen and oxygen atoms in total. The maximum atomic E-state index is 10.1. The van der Waals surface area contributed by atoms with Gasteiger partial charge in [-0.3, -0.25) is 5.32 Å². The van der Waals surface area contributed by atoms with Gasteiger partial charge in [-0.25, -0.2) is 4.79 Å². The lowest BCUT2D eigenvalue weighted by molar-refractivity contribution is 0.209. The molecule has 0 aromatic heterocycles. The third-order valence-corrected chi connectivity index (χ3v) is 4.15. The summed E-state index contributed by atoms with van der Waals surface area (Å²) in [6, 6.07) is 6.13. The number of carbonyl (C=O) groups is 1. The topological polar surface area (TPSA) is 69.6 Å². The second-order valence-electron chi connectivity index (χ2n) is 6.21. The summed E-state index contributed by atoms with van der Waals surface area (Å²) in [5.74, 6) is 2.90. The number of aromatic hydroxyl groups is 1. The molecule has 0 bridgehead atoms. The zero-order valence-corrected chi connectivity index (χ0v) is 13.2. The number of carboxylic acid groups (broad SMARTS) is 1. The number of rotatable bonds is 2. The molecular weight excluding hydrogens is 266 g/mol. The number of phenolic OH excluding ortho intramolecular Hbond substituents is 1. The van der Waals surface area contributed by atoms with Gasteiger partial charge in [-0.1, -0.05) is 45.7 Å². The summed E-state index contributed by atoms with van der Waals surface area (Å²) >= 11 is 0. The number of hydrogen-bond donors (Lipinski definition) is 3. The molecule has 1 aromatic rings. The first kappa shape index (κ1) is 17.3. The zero-order chi connectivity index (χ0) is 15.8. The Bertz CT molecular complexity index is 437. The highest BCUT2D eigenvalue weighted by Crippen LogP contribution is 2.32. The molecule has 1 saturated carbocycles. The van der Waals surface area contributed by atoms with Crippen LogP contribution in [0.3, 0.4) is 0 Å². The van der Waals surface area contributed by atoms with Crippen LogP contribution >= 0.6 is 0 Å². The van der Waals surface area contributed by atoms with Crippen LogP contribution in [0.4, 0.5) is 10.5 Å². The summed E-state index contributed by atoms with van der Waals surface area (Å²) < 4.78 is 0. The van der Waals surface area contributed by atoms with E-state index in [1.165, 1.54) is 37.8 Å². The van der Waals surface area contributed by atoms with E-state index < -0.39 is 6.09 Å². The van der Waals surface area contributed by atoms with E-state index in [1.807, 2.05) is 5.32 Å². The highest BCUT2D eigenvalue weighted by atomic mass is 16.4. The summed E-state index contributed by atoms with van der Waals surface area (Å²) in [6.07, 6.45) is 4.73. The van der Waals surface area contributed by atoms with Crippen molar-refractivity contribution in [3.63, 3.8) is 0 Å². The molecule has 4 heteroatoms. The zero-order valence-electron chi connectivity index (χ0n) is 13.2. The number of anilines is 1. The van der Waals surface area contributed by atoms with Gasteiger partial charge in [0.05, 0.1) is 5.69 Å². The predicted molar refractivity (Wildman–Crippen MR) is 85.7 cm³/mol. The number of hydrogen-bond acceptors (Lipinski definition) is 2. The molecule has 1 fully saturated rings. The van der Waals surface area contributed by atoms with Crippen molar-refractivity contribution in [1.82, 2.24) is 0 Å². The second-order valence-corrected chi connectivity index (χ2v) is 6.21. The molecule has 0 atom stereocenters. The van der Waals surface area contributed by atoms with Crippen LogP contribution in [0.2, 0.25) is 0 Å². The first-order chi connectivity index (χ1) is 9.90. The van der Waals surface area contributed by atoms with E-state index in [0.29, 0.717) is 0 Å². The van der Waals surface area contributed by atoms with Gasteiger partial charge in [-0.15, -0.1) is 0 Å². The Labute approximate surface area is 127 Å². The normalized spacial score (nSPS) is 21.3. The van der Waals surface area contributed by atoms with Crippen molar-refractivity contribution in [3.8, 4) is 5.75 Å². The average Bonchev–Trinajstić information content (AvgIpc) is 2.42. The molecule has 0 radical (unpaired) electrons. The largest absolute Gasteiger partial charge is 0.506 e. The maximum Gasteiger partial charge on any atom is 0.409 e. The van der Waals surface area contributed by atoms with Crippen LogP contribution in [0.25, 0.3) is 0 Å². The van der Waals surface area contributed by atoms with Crippen LogP contribution in [0.1, 0.15) is 46.5 Å². The summed E-state index contributed by atoms with van der Waals surface area (Å²) in [5, 5.41) is 19.3. The van der Waals surface area contributed by atoms with Gasteiger partial charge in [0.2, 0.25) is 0 Å². The van der Waals surface area contributed by atoms with Crippen LogP contribution in [0.15, 0.2) is 24.3 Å². The van der Waals surface area contributed by atoms with E-state index in [1.54, 1.807) is 12.1 Å². The Kier molecular flexibility index (Phi) is 7.06. The van der Waals surface area contributed by atoms with Crippen molar-refractivity contribution in [2.75, 3.05) is 5.32 Å². The van der Waals surface area contributed by atoms with Gasteiger partial charge in [0.15, 0.2) is 0 Å². The van der Waals surface area contributed by atoms with Gasteiger partial charge in [0.1, 0.15) is 5.75 Å². The fourth-order valence-electron chi connectivity index (χ4n) is 2.65. The Hall–Kier alpha value is -1.71. The summed E-state index contributed by atoms with van der Waals surface area (Å²) in [4.78, 5) is 10.1. The molecule has 0 heterocycles. The van der Waals surface area contributed by atoms with Crippen LogP contribution in [-0.2, 0) is 0 Å². The maximum absolute atomic E-state index is 10.1. The quantitative estimate of drug-likeness (QED) is 0.676. The second kappa shape index (κ2) is 8.55. The van der Waals surface area contributed by atoms with E-state index in [0.717, 1.165) is 17.8 Å². The van der Waals surface area contributed by atoms with Crippen LogP contribution in [0, 0.1) is 17.8 Å². The van der Waals surface area contributed by atoms with Crippen molar-refractivity contribution in [2.24, 2.45) is 17.8 Å². The molecule has 2 rings (SSSR count). The molecule has 0 aliphatic heterocycles. The lowest BCUT2D eigenvalue weighted by Crippen LogP contribution is -2.16. The molecule has 0 saturated heterocycles. The average molecular weight is 293 g/mol. The van der Waals surface area contributed by atoms with Gasteiger partial charge in [0, 0.05) is 0 Å². The third-order valence-electron chi connectivity index (χ3n) is 4.15. The minimum absolute atomic E-state index is 0.0742. The molecule has 1 aliphatic rings. The van der Waals surface area contributed by atoms with E-state index in [-0.39, 0.29) is 11.4 Å². The Morgan fingerprint density at radius 2 is 1.76 bits per heavy atom. The molecule has 21 heavy (non-hydrogen) atoms. The smallest absolute Gasteiger partial charge is 0.409 e. The highest BCUT2D eigenvalue weighted by molar-refractivity contribution is 5.84. The van der Waals surface area contributed by atoms with Crippen LogP contribution in [0.5, 0.6) is 5.75 Å². The number of phenols is 1. The van der Waals surface area contributed by atoms with E-state index >= 15 is 0 Å². The van der Waals surface area contributed by atoms with Gasteiger partial charge < -0.3 is 10.2 Å². The Morgan fingerprint density at radius 3 is 2.24 bits per heavy atom. The van der Waals surface area contributed by atoms with Gasteiger partial charge in [-0.05, 0) is 42.7 Å². The van der Waals surface area contributed by atoms with Gasteiger partial charge >= 0.3 is 6.09 Å². The number of nitrogens with one attached hydrogen (secondary N) is 1. The monoisotopic (exact) mass is 293 g/mol. The summed E-state index contributed by atoms with van der Waals surface area (Å²) in [5.41, 5.74) is 0.194. The minimum atomic E-state index is -1.19. The highest BCUT2D eigenvalue weighted by Gasteiger charge is 2.20. The summed E-state index contributed by atoms with van der Waals surface area (Å²) in [6.45, 7) is 7.11. The van der Waals surface area contributed by atoms with E-state index in [2.05, 4.69) is 20.8 Å². The van der Waals surface area contributed by atoms with Crippen molar-refractivity contribution >= 4 is 11.8 Å². The van der Waals surface area contributed by atoms with Crippen LogP contribution < -0.4 is 5.32 Å². The fourth-order valence-corrected chi connectivity index (χ4v) is 2.65. The standard InChI is InChI=1S/C10H20.C7H7NO3/c1-8(2)10-6-4-9(3)5-7-10;9-6-4-2-1-3-5(6)8-7(10)11/h8-10H,4-7H2,1-3H3;1-4,8-9H,(H,10,11). The van der Waals surface area contributed by atoms with Crippen molar-refractivity contribution in [3.05, 3.63) is 24.3 Å². The molecule has 0 unspecified atom stereocenters. The first-order valence-corrected chi connectivity index (χ1v) is 7.68. The van der Waals surface area contributed by atoms with Crippen LogP contribution in [-0.4, -0.2) is 16.3 Å². The van der Waals surface area contributed by atoms with Crippen molar-refractivity contribution < 1.29 is 15.0 Å². The lowest BCUT2D eigenvalue weighted by atomic mass is 9.78. The molecule has 1 aromatic carbocycles. The van der Waals surface area contributed by atoms with Gasteiger partial charge in [0.25, 0.3) is 0 Å². The van der Waals surface area contributed by atoms with Crippen molar-refractivity contribution in [2.45, 2.75) is 46.5 Å². The Balaban J connectivity index is 0.000000211. The molecule has 1 amide bonds. The summed E-state index contributed by atoms with van der Waals surface area (Å²) in [7, 11) is 0. The third kappa shape index (κ3) is 6.52. The SMILES string of the molecule is CC1CCC(C(C)C)CC1.O=C(O)Nc1ccccc1O. The molecule has 0 spiro atoms. The number of amides is 1. The molecular formula is C17H27NO3. The Morgan fingerprint density at radius 1 is 1.19 bits per heavy atom. The minimum Gasteiger partial charge on any atom is -0.506 e. The van der Waals surface area contributed by atoms with Gasteiger partial charge in [-0.2, -0.15) is 0 Å². The fraction of sp³-hybridized carbons (Fsp3) is 0.588. The molecule has 1 aliphatic carbocycles. The lowest BCUT2D eigenvalue weighted by Gasteiger charge is -2.28.